The molecule has 1 heterocycles. The van der Waals surface area contributed by atoms with Gasteiger partial charge in [0.15, 0.2) is 11.5 Å². The maximum atomic E-state index is 13.5. The van der Waals surface area contributed by atoms with Crippen LogP contribution in [0.5, 0.6) is 11.5 Å². The summed E-state index contributed by atoms with van der Waals surface area (Å²) in [6.07, 6.45) is -5.12. The number of amides is 2. The number of fused-ring (bicyclic) bond motifs is 1. The highest BCUT2D eigenvalue weighted by molar-refractivity contribution is 6.30. The highest BCUT2D eigenvalue weighted by atomic mass is 35.5. The number of carbonyl (C=O) groups is 1. The third-order valence-corrected chi connectivity index (χ3v) is 3.73. The lowest BCUT2D eigenvalue weighted by molar-refractivity contribution is -0.317. The third kappa shape index (κ3) is 3.34. The van der Waals surface area contributed by atoms with Crippen LogP contribution in [0.2, 0.25) is 5.02 Å². The van der Waals surface area contributed by atoms with Crippen LogP contribution in [0.25, 0.3) is 0 Å². The molecule has 0 radical (unpaired) electrons. The van der Waals surface area contributed by atoms with Crippen LogP contribution >= 0.6 is 11.6 Å². The highest BCUT2D eigenvalue weighted by Gasteiger charge is 2.65. The van der Waals surface area contributed by atoms with Gasteiger partial charge in [-0.25, -0.2) is 9.18 Å². The number of rotatable bonds is 2. The maximum Gasteiger partial charge on any atom is 0.492 e. The van der Waals surface area contributed by atoms with Crippen molar-refractivity contribution >= 4 is 23.3 Å². The van der Waals surface area contributed by atoms with E-state index in [1.54, 1.807) is 5.32 Å². The molecule has 1 aliphatic rings. The number of halogens is 5. The van der Waals surface area contributed by atoms with Crippen LogP contribution in [0.3, 0.4) is 0 Å². The molecule has 0 aromatic heterocycles. The predicted molar refractivity (Wildman–Crippen MR) is 84.8 cm³/mol. The minimum Gasteiger partial charge on any atom is -0.424 e. The van der Waals surface area contributed by atoms with Crippen molar-refractivity contribution in [1.29, 1.82) is 0 Å². The second-order valence-corrected chi connectivity index (χ2v) is 5.89. The Bertz CT molecular complexity index is 875. The van der Waals surface area contributed by atoms with E-state index >= 15 is 0 Å². The molecule has 0 bridgehead atoms. The first-order chi connectivity index (χ1) is 12.1. The minimum absolute atomic E-state index is 0.0403. The number of nitrogens with one attached hydrogen (secondary N) is 2. The molecule has 3 rings (SSSR count). The molecule has 26 heavy (non-hydrogen) atoms. The summed E-state index contributed by atoms with van der Waals surface area (Å²) < 4.78 is 63.7. The summed E-state index contributed by atoms with van der Waals surface area (Å²) in [6, 6.07) is 5.99. The van der Waals surface area contributed by atoms with E-state index in [0.717, 1.165) is 12.1 Å². The molecule has 0 saturated heterocycles. The third-order valence-electron chi connectivity index (χ3n) is 3.49. The lowest BCUT2D eigenvalue weighted by atomic mass is 10.2. The molecular weight excluding hydrogens is 380 g/mol. The average molecular weight is 391 g/mol. The number of ether oxygens (including phenoxy) is 2. The normalized spacial score (nSPS) is 18.5. The van der Waals surface area contributed by atoms with Crippen molar-refractivity contribution in [2.24, 2.45) is 0 Å². The Morgan fingerprint density at radius 2 is 1.81 bits per heavy atom. The molecule has 2 N–H and O–H groups in total. The molecule has 0 spiro atoms. The van der Waals surface area contributed by atoms with Crippen LogP contribution < -0.4 is 20.1 Å². The van der Waals surface area contributed by atoms with Gasteiger partial charge in [0.25, 0.3) is 0 Å². The standard InChI is InChI=1S/C16H11ClF4N2O3/c1-8-2-4-10(7-11(8)18)22-14(24)23-16(15(19,20)21)25-12-5-3-9(17)6-13(12)26-16/h2-7H,1H3,(H2,22,23,24). The number of carbonyl (C=O) groups excluding carboxylic acids is 1. The maximum absolute atomic E-state index is 13.5. The van der Waals surface area contributed by atoms with E-state index < -0.39 is 23.9 Å². The summed E-state index contributed by atoms with van der Waals surface area (Å²) in [4.78, 5) is 12.0. The van der Waals surface area contributed by atoms with Crippen molar-refractivity contribution in [2.75, 3.05) is 5.32 Å². The number of hydrogen-bond acceptors (Lipinski definition) is 3. The largest absolute Gasteiger partial charge is 0.492 e. The fraction of sp³-hybridized carbons (Fsp3) is 0.188. The molecule has 2 amide bonds. The summed E-state index contributed by atoms with van der Waals surface area (Å²) in [7, 11) is 0. The van der Waals surface area contributed by atoms with E-state index in [-0.39, 0.29) is 22.2 Å². The van der Waals surface area contributed by atoms with Crippen molar-refractivity contribution < 1.29 is 31.8 Å². The first-order valence-corrected chi connectivity index (χ1v) is 7.57. The van der Waals surface area contributed by atoms with Gasteiger partial charge in [-0.05, 0) is 36.8 Å². The number of alkyl halides is 3. The van der Waals surface area contributed by atoms with Crippen molar-refractivity contribution in [3.05, 3.63) is 52.8 Å². The Balaban J connectivity index is 1.82. The lowest BCUT2D eigenvalue weighted by Crippen LogP contribution is -2.65. The van der Waals surface area contributed by atoms with Gasteiger partial charge in [-0.2, -0.15) is 13.2 Å². The Labute approximate surface area is 149 Å². The van der Waals surface area contributed by atoms with Crippen molar-refractivity contribution in [2.45, 2.75) is 19.0 Å². The molecule has 0 aliphatic carbocycles. The zero-order valence-corrected chi connectivity index (χ0v) is 13.8. The summed E-state index contributed by atoms with van der Waals surface area (Å²) in [5.41, 5.74) is 0.277. The molecule has 1 aliphatic heterocycles. The fourth-order valence-electron chi connectivity index (χ4n) is 2.20. The van der Waals surface area contributed by atoms with Crippen molar-refractivity contribution in [3.63, 3.8) is 0 Å². The first-order valence-electron chi connectivity index (χ1n) is 7.19. The smallest absolute Gasteiger partial charge is 0.424 e. The Kier molecular flexibility index (Phi) is 4.35. The molecule has 0 fully saturated rings. The minimum atomic E-state index is -5.12. The second kappa shape index (κ2) is 6.24. The summed E-state index contributed by atoms with van der Waals surface area (Å²) in [6.45, 7) is 1.50. The van der Waals surface area contributed by atoms with Gasteiger partial charge in [0.1, 0.15) is 5.82 Å². The van der Waals surface area contributed by atoms with Crippen LogP contribution in [-0.4, -0.2) is 18.1 Å². The quantitative estimate of drug-likeness (QED) is 0.737. The first kappa shape index (κ1) is 18.1. The number of aryl methyl sites for hydroxylation is 1. The van der Waals surface area contributed by atoms with E-state index in [9.17, 15) is 22.4 Å². The number of hydrogen-bond donors (Lipinski definition) is 2. The van der Waals surface area contributed by atoms with Crippen LogP contribution in [0, 0.1) is 12.7 Å². The Morgan fingerprint density at radius 1 is 1.12 bits per heavy atom. The second-order valence-electron chi connectivity index (χ2n) is 5.45. The molecule has 1 atom stereocenters. The van der Waals surface area contributed by atoms with E-state index in [4.69, 9.17) is 21.1 Å². The van der Waals surface area contributed by atoms with Crippen LogP contribution in [0.4, 0.5) is 28.0 Å². The van der Waals surface area contributed by atoms with E-state index in [1.807, 2.05) is 0 Å². The topological polar surface area (TPSA) is 59.6 Å². The van der Waals surface area contributed by atoms with Gasteiger partial charge in [-0.1, -0.05) is 17.7 Å². The molecule has 5 nitrogen and oxygen atoms in total. The van der Waals surface area contributed by atoms with E-state index in [0.29, 0.717) is 5.56 Å². The fourth-order valence-corrected chi connectivity index (χ4v) is 2.36. The van der Waals surface area contributed by atoms with E-state index in [1.165, 1.54) is 31.2 Å². The molecule has 2 aromatic rings. The zero-order chi connectivity index (χ0) is 19.1. The molecular formula is C16H11ClF4N2O3. The van der Waals surface area contributed by atoms with Crippen molar-refractivity contribution in [3.8, 4) is 11.5 Å². The van der Waals surface area contributed by atoms with Gasteiger partial charge < -0.3 is 14.8 Å². The number of anilines is 1. The highest BCUT2D eigenvalue weighted by Crippen LogP contribution is 2.46. The van der Waals surface area contributed by atoms with Gasteiger partial charge in [0.2, 0.25) is 0 Å². The zero-order valence-electron chi connectivity index (χ0n) is 13.1. The monoisotopic (exact) mass is 390 g/mol. The molecule has 1 unspecified atom stereocenters. The van der Waals surface area contributed by atoms with Gasteiger partial charge in [-0.3, -0.25) is 5.32 Å². The van der Waals surface area contributed by atoms with Crippen LogP contribution in [-0.2, 0) is 0 Å². The SMILES string of the molecule is Cc1ccc(NC(=O)NC2(C(F)(F)F)Oc3ccc(Cl)cc3O2)cc1F. The van der Waals surface area contributed by atoms with Gasteiger partial charge in [0, 0.05) is 16.8 Å². The van der Waals surface area contributed by atoms with Gasteiger partial charge in [0.05, 0.1) is 0 Å². The number of urea groups is 1. The van der Waals surface area contributed by atoms with Gasteiger partial charge in [-0.15, -0.1) is 0 Å². The van der Waals surface area contributed by atoms with Crippen LogP contribution in [0.1, 0.15) is 5.56 Å². The molecule has 2 aromatic carbocycles. The Hall–Kier alpha value is -2.68. The Morgan fingerprint density at radius 3 is 2.46 bits per heavy atom. The molecule has 10 heteroatoms. The molecule has 138 valence electrons. The van der Waals surface area contributed by atoms with E-state index in [2.05, 4.69) is 5.32 Å². The lowest BCUT2D eigenvalue weighted by Gasteiger charge is -2.29. The van der Waals surface area contributed by atoms with Crippen molar-refractivity contribution in [1.82, 2.24) is 5.32 Å². The summed E-state index contributed by atoms with van der Waals surface area (Å²) in [5, 5.41) is 3.82. The van der Waals surface area contributed by atoms with Gasteiger partial charge >= 0.3 is 18.1 Å². The summed E-state index contributed by atoms with van der Waals surface area (Å²) in [5.74, 6) is -4.58. The number of benzene rings is 2. The van der Waals surface area contributed by atoms with Crippen LogP contribution in [0.15, 0.2) is 36.4 Å². The summed E-state index contributed by atoms with van der Waals surface area (Å²) >= 11 is 5.72. The predicted octanol–water partition coefficient (Wildman–Crippen LogP) is 4.60. The molecule has 0 saturated carbocycles. The average Bonchev–Trinajstić information content (AvgIpc) is 2.89.